The molecule has 1 aromatic carbocycles. The highest BCUT2D eigenvalue weighted by Gasteiger charge is 2.13. The van der Waals surface area contributed by atoms with Crippen LogP contribution in [0.1, 0.15) is 41.1 Å². The number of methoxy groups -OCH3 is 1. The zero-order valence-electron chi connectivity index (χ0n) is 15.1. The molecule has 2 rings (SSSR count). The predicted octanol–water partition coefficient (Wildman–Crippen LogP) is 2.59. The third kappa shape index (κ3) is 5.47. The minimum Gasteiger partial charge on any atom is -0.493 e. The van der Waals surface area contributed by atoms with Crippen LogP contribution in [0.15, 0.2) is 42.6 Å². The average molecular weight is 357 g/mol. The van der Waals surface area contributed by atoms with Crippen molar-refractivity contribution < 1.29 is 19.1 Å². The molecule has 0 atom stereocenters. The van der Waals surface area contributed by atoms with Crippen molar-refractivity contribution in [2.45, 2.75) is 20.3 Å². The van der Waals surface area contributed by atoms with Crippen LogP contribution >= 0.6 is 0 Å². The van der Waals surface area contributed by atoms with Gasteiger partial charge < -0.3 is 9.47 Å². The van der Waals surface area contributed by atoms with Gasteiger partial charge in [-0.05, 0) is 42.7 Å². The maximum absolute atomic E-state index is 12.2. The summed E-state index contributed by atoms with van der Waals surface area (Å²) >= 11 is 0. The smallest absolute Gasteiger partial charge is 0.288 e. The summed E-state index contributed by atoms with van der Waals surface area (Å²) in [6, 6.07) is 9.78. The molecule has 138 valence electrons. The molecule has 0 bridgehead atoms. The van der Waals surface area contributed by atoms with Crippen molar-refractivity contribution in [3.05, 3.63) is 53.9 Å². The molecule has 0 aliphatic heterocycles. The van der Waals surface area contributed by atoms with Crippen molar-refractivity contribution in [2.75, 3.05) is 13.7 Å². The number of amides is 2. The summed E-state index contributed by atoms with van der Waals surface area (Å²) in [4.78, 5) is 28.0. The van der Waals surface area contributed by atoms with Crippen molar-refractivity contribution in [1.82, 2.24) is 15.8 Å². The molecule has 1 aromatic heterocycles. The Bertz CT molecular complexity index is 748. The molecular weight excluding hydrogens is 334 g/mol. The van der Waals surface area contributed by atoms with Gasteiger partial charge in [0.1, 0.15) is 5.69 Å². The molecule has 1 heterocycles. The van der Waals surface area contributed by atoms with Crippen molar-refractivity contribution in [1.29, 1.82) is 0 Å². The van der Waals surface area contributed by atoms with Crippen LogP contribution in [0.25, 0.3) is 0 Å². The molecular formula is C19H23N3O4. The van der Waals surface area contributed by atoms with Gasteiger partial charge >= 0.3 is 0 Å². The summed E-state index contributed by atoms with van der Waals surface area (Å²) in [6.45, 7) is 4.81. The number of aromatic nitrogens is 1. The topological polar surface area (TPSA) is 89.6 Å². The van der Waals surface area contributed by atoms with E-state index in [0.29, 0.717) is 29.6 Å². The molecule has 0 radical (unpaired) electrons. The zero-order valence-corrected chi connectivity index (χ0v) is 15.1. The van der Waals surface area contributed by atoms with Gasteiger partial charge in [-0.25, -0.2) is 0 Å². The molecule has 2 amide bonds. The van der Waals surface area contributed by atoms with Gasteiger partial charge in [-0.15, -0.1) is 0 Å². The second kappa shape index (κ2) is 9.41. The van der Waals surface area contributed by atoms with E-state index < -0.39 is 11.8 Å². The average Bonchev–Trinajstić information content (AvgIpc) is 2.66. The SMILES string of the molecule is COc1cc(C(=O)NNC(=O)c2ccccn2)ccc1OCCC(C)C. The second-order valence-corrected chi connectivity index (χ2v) is 6.02. The number of hydrazine groups is 1. The third-order valence-electron chi connectivity index (χ3n) is 3.57. The second-order valence-electron chi connectivity index (χ2n) is 6.02. The minimum absolute atomic E-state index is 0.208. The molecule has 0 fully saturated rings. The largest absolute Gasteiger partial charge is 0.493 e. The van der Waals surface area contributed by atoms with E-state index >= 15 is 0 Å². The first-order valence-electron chi connectivity index (χ1n) is 8.33. The van der Waals surface area contributed by atoms with E-state index in [9.17, 15) is 9.59 Å². The van der Waals surface area contributed by atoms with E-state index in [2.05, 4.69) is 29.7 Å². The van der Waals surface area contributed by atoms with Gasteiger partial charge in [-0.3, -0.25) is 25.4 Å². The lowest BCUT2D eigenvalue weighted by Gasteiger charge is -2.13. The number of benzene rings is 1. The summed E-state index contributed by atoms with van der Waals surface area (Å²) in [7, 11) is 1.51. The first-order chi connectivity index (χ1) is 12.5. The Morgan fingerprint density at radius 3 is 2.50 bits per heavy atom. The lowest BCUT2D eigenvalue weighted by atomic mass is 10.1. The summed E-state index contributed by atoms with van der Waals surface area (Å²) in [6.07, 6.45) is 2.42. The Balaban J connectivity index is 1.97. The minimum atomic E-state index is -0.500. The maximum atomic E-state index is 12.2. The van der Waals surface area contributed by atoms with Crippen LogP contribution in [0.3, 0.4) is 0 Å². The number of pyridine rings is 1. The van der Waals surface area contributed by atoms with Gasteiger partial charge in [0.05, 0.1) is 13.7 Å². The molecule has 0 unspecified atom stereocenters. The number of hydrogen-bond acceptors (Lipinski definition) is 5. The number of nitrogens with one attached hydrogen (secondary N) is 2. The lowest BCUT2D eigenvalue weighted by molar-refractivity contribution is 0.0843. The summed E-state index contributed by atoms with van der Waals surface area (Å²) in [5.74, 6) is 0.592. The Morgan fingerprint density at radius 2 is 1.85 bits per heavy atom. The lowest BCUT2D eigenvalue weighted by Crippen LogP contribution is -2.41. The van der Waals surface area contributed by atoms with Gasteiger partial charge in [0.15, 0.2) is 11.5 Å². The summed E-state index contributed by atoms with van der Waals surface area (Å²) < 4.78 is 11.0. The number of nitrogens with zero attached hydrogens (tertiary/aromatic N) is 1. The predicted molar refractivity (Wildman–Crippen MR) is 97.1 cm³/mol. The highest BCUT2D eigenvalue weighted by molar-refractivity contribution is 5.98. The van der Waals surface area contributed by atoms with E-state index in [0.717, 1.165) is 6.42 Å². The molecule has 7 nitrogen and oxygen atoms in total. The van der Waals surface area contributed by atoms with Gasteiger partial charge in [-0.2, -0.15) is 0 Å². The Kier molecular flexibility index (Phi) is 6.96. The standard InChI is InChI=1S/C19H23N3O4/c1-13(2)9-11-26-16-8-7-14(12-17(16)25-3)18(23)21-22-19(24)15-6-4-5-10-20-15/h4-8,10,12-13H,9,11H2,1-3H3,(H,21,23)(H,22,24). The molecule has 7 heteroatoms. The fraction of sp³-hybridized carbons (Fsp3) is 0.316. The molecule has 2 N–H and O–H groups in total. The van der Waals surface area contributed by atoms with Crippen molar-refractivity contribution in [3.63, 3.8) is 0 Å². The molecule has 0 aliphatic rings. The summed E-state index contributed by atoms with van der Waals surface area (Å²) in [5, 5.41) is 0. The third-order valence-corrected chi connectivity index (χ3v) is 3.57. The van der Waals surface area contributed by atoms with Gasteiger partial charge in [0.2, 0.25) is 0 Å². The van der Waals surface area contributed by atoms with Crippen LogP contribution < -0.4 is 20.3 Å². The fourth-order valence-corrected chi connectivity index (χ4v) is 2.08. The Labute approximate surface area is 152 Å². The number of hydrogen-bond donors (Lipinski definition) is 2. The highest BCUT2D eigenvalue weighted by Crippen LogP contribution is 2.28. The Morgan fingerprint density at radius 1 is 1.08 bits per heavy atom. The first-order valence-corrected chi connectivity index (χ1v) is 8.33. The molecule has 26 heavy (non-hydrogen) atoms. The molecule has 0 aliphatic carbocycles. The number of carbonyl (C=O) groups is 2. The van der Waals surface area contributed by atoms with E-state index in [4.69, 9.17) is 9.47 Å². The highest BCUT2D eigenvalue weighted by atomic mass is 16.5. The van der Waals surface area contributed by atoms with E-state index in [1.165, 1.54) is 13.3 Å². The monoisotopic (exact) mass is 357 g/mol. The van der Waals surface area contributed by atoms with E-state index in [1.54, 1.807) is 36.4 Å². The molecule has 2 aromatic rings. The molecule has 0 spiro atoms. The number of rotatable bonds is 7. The van der Waals surface area contributed by atoms with Crippen LogP contribution in [0.2, 0.25) is 0 Å². The molecule has 0 saturated heterocycles. The van der Waals surface area contributed by atoms with Crippen LogP contribution in [0.5, 0.6) is 11.5 Å². The normalized spacial score (nSPS) is 10.3. The van der Waals surface area contributed by atoms with Crippen LogP contribution in [-0.2, 0) is 0 Å². The van der Waals surface area contributed by atoms with Crippen LogP contribution in [0, 0.1) is 5.92 Å². The van der Waals surface area contributed by atoms with E-state index in [1.807, 2.05) is 0 Å². The summed E-state index contributed by atoms with van der Waals surface area (Å²) in [5.41, 5.74) is 5.21. The Hall–Kier alpha value is -3.09. The molecule has 0 saturated carbocycles. The first kappa shape index (κ1) is 19.2. The van der Waals surface area contributed by atoms with Crippen molar-refractivity contribution >= 4 is 11.8 Å². The van der Waals surface area contributed by atoms with Crippen LogP contribution in [0.4, 0.5) is 0 Å². The van der Waals surface area contributed by atoms with Crippen molar-refractivity contribution in [2.24, 2.45) is 5.92 Å². The maximum Gasteiger partial charge on any atom is 0.288 e. The van der Waals surface area contributed by atoms with Gasteiger partial charge in [0.25, 0.3) is 11.8 Å². The van der Waals surface area contributed by atoms with Crippen molar-refractivity contribution in [3.8, 4) is 11.5 Å². The quantitative estimate of drug-likeness (QED) is 0.744. The van der Waals surface area contributed by atoms with Gasteiger partial charge in [-0.1, -0.05) is 19.9 Å². The van der Waals surface area contributed by atoms with E-state index in [-0.39, 0.29) is 5.69 Å². The fourth-order valence-electron chi connectivity index (χ4n) is 2.08. The number of carbonyl (C=O) groups excluding carboxylic acids is 2. The zero-order chi connectivity index (χ0) is 18.9. The number of ether oxygens (including phenoxy) is 2. The van der Waals surface area contributed by atoms with Crippen LogP contribution in [-0.4, -0.2) is 30.5 Å². The van der Waals surface area contributed by atoms with Gasteiger partial charge in [0, 0.05) is 11.8 Å².